The maximum Gasteiger partial charge on any atom is 0.472 e. The van der Waals surface area contributed by atoms with E-state index in [0.29, 0.717) is 25.7 Å². The summed E-state index contributed by atoms with van der Waals surface area (Å²) in [7, 11) is -9.90. The molecule has 3 N–H and O–H groups in total. The Morgan fingerprint density at radius 1 is 0.352 bits per heavy atom. The van der Waals surface area contributed by atoms with Gasteiger partial charge in [0.15, 0.2) is 12.2 Å². The molecule has 19 heteroatoms. The fourth-order valence-electron chi connectivity index (χ4n) is 9.93. The topological polar surface area (TPSA) is 237 Å². The average Bonchev–Trinajstić information content (AvgIpc) is 3.55. The molecule has 0 bridgehead atoms. The summed E-state index contributed by atoms with van der Waals surface area (Å²) in [6.45, 7) is 7.11. The zero-order valence-electron chi connectivity index (χ0n) is 56.3. The Labute approximate surface area is 535 Å². The van der Waals surface area contributed by atoms with Crippen LogP contribution in [0.5, 0.6) is 0 Å². The first-order valence-corrected chi connectivity index (χ1v) is 38.4. The Bertz CT molecular complexity index is 1800. The summed E-state index contributed by atoms with van der Waals surface area (Å²) in [5.74, 6) is -1.42. The second-order valence-corrected chi connectivity index (χ2v) is 27.6. The molecule has 0 rings (SSSR count). The largest absolute Gasteiger partial charge is 0.472 e. The van der Waals surface area contributed by atoms with Gasteiger partial charge in [-0.3, -0.25) is 37.3 Å². The van der Waals surface area contributed by atoms with Crippen molar-refractivity contribution < 1.29 is 80.2 Å². The standard InChI is InChI=1S/C69H130O17P2/c1-6-9-12-15-18-20-22-24-26-28-30-34-39-44-49-54-68(73)86-65(59-80-67(72)53-48-43-38-33-29-27-25-23-21-19-16-13-10-7-2)61-84-88(77,78)82-57-63(70)56-81-87(75,76)83-60-64(58-79-66(71)52-47-42-36-17-14-11-8-3)85-69(74)55-50-45-40-35-31-32-37-41-46-51-62(4)5/h20,22,24,26,62-65,70H,6-19,21,23,25,27-61H2,1-5H3,(H,75,76)(H,77,78)/b22-20-,26-24-/t63-,64+,65+/m0/s1. The molecule has 0 spiro atoms. The zero-order chi connectivity index (χ0) is 64.9. The van der Waals surface area contributed by atoms with Gasteiger partial charge in [0.2, 0.25) is 0 Å². The van der Waals surface area contributed by atoms with Crippen LogP contribution in [0.1, 0.15) is 330 Å². The number of carbonyl (C=O) groups is 4. The van der Waals surface area contributed by atoms with E-state index in [4.69, 9.17) is 37.0 Å². The van der Waals surface area contributed by atoms with E-state index < -0.39 is 97.5 Å². The first-order valence-electron chi connectivity index (χ1n) is 35.5. The van der Waals surface area contributed by atoms with Crippen LogP contribution in [0, 0.1) is 5.92 Å². The van der Waals surface area contributed by atoms with Crippen molar-refractivity contribution in [2.75, 3.05) is 39.6 Å². The molecule has 0 aromatic heterocycles. The fraction of sp³-hybridized carbons (Fsp3) is 0.884. The maximum absolute atomic E-state index is 13.0. The molecule has 0 aliphatic carbocycles. The summed E-state index contributed by atoms with van der Waals surface area (Å²) in [6.07, 6.45) is 50.8. The second kappa shape index (κ2) is 62.0. The third kappa shape index (κ3) is 62.4. The Morgan fingerprint density at radius 2 is 0.614 bits per heavy atom. The zero-order valence-corrected chi connectivity index (χ0v) is 58.1. The molecule has 0 aromatic carbocycles. The number of hydrogen-bond acceptors (Lipinski definition) is 15. The first kappa shape index (κ1) is 85.5. The fourth-order valence-corrected chi connectivity index (χ4v) is 11.5. The quantitative estimate of drug-likeness (QED) is 0.0169. The predicted molar refractivity (Wildman–Crippen MR) is 354 cm³/mol. The van der Waals surface area contributed by atoms with Gasteiger partial charge in [-0.25, -0.2) is 9.13 Å². The molecule has 0 saturated carbocycles. The molecule has 0 aromatic rings. The number of carbonyl (C=O) groups excluding carboxylic acids is 4. The Kier molecular flexibility index (Phi) is 60.3. The van der Waals surface area contributed by atoms with Crippen molar-refractivity contribution in [1.29, 1.82) is 0 Å². The summed E-state index contributed by atoms with van der Waals surface area (Å²) in [6, 6.07) is 0. The van der Waals surface area contributed by atoms with Crippen LogP contribution in [-0.2, 0) is 65.4 Å². The van der Waals surface area contributed by atoms with Gasteiger partial charge in [0.05, 0.1) is 26.4 Å². The summed E-state index contributed by atoms with van der Waals surface area (Å²) in [4.78, 5) is 72.3. The van der Waals surface area contributed by atoms with Crippen molar-refractivity contribution in [3.63, 3.8) is 0 Å². The minimum Gasteiger partial charge on any atom is -0.462 e. The van der Waals surface area contributed by atoms with E-state index in [1.54, 1.807) is 0 Å². The summed E-state index contributed by atoms with van der Waals surface area (Å²) >= 11 is 0. The first-order chi connectivity index (χ1) is 42.5. The van der Waals surface area contributed by atoms with E-state index in [-0.39, 0.29) is 25.7 Å². The molecular formula is C69H130O17P2. The lowest BCUT2D eigenvalue weighted by Gasteiger charge is -2.21. The minimum absolute atomic E-state index is 0.0854. The lowest BCUT2D eigenvalue weighted by molar-refractivity contribution is -0.161. The molecule has 0 saturated heterocycles. The highest BCUT2D eigenvalue weighted by Gasteiger charge is 2.30. The van der Waals surface area contributed by atoms with E-state index in [1.807, 2.05) is 0 Å². The van der Waals surface area contributed by atoms with Crippen LogP contribution < -0.4 is 0 Å². The second-order valence-electron chi connectivity index (χ2n) is 24.7. The van der Waals surface area contributed by atoms with Crippen molar-refractivity contribution in [2.45, 2.75) is 348 Å². The number of ether oxygens (including phenoxy) is 4. The molecule has 2 unspecified atom stereocenters. The maximum atomic E-state index is 13.0. The highest BCUT2D eigenvalue weighted by Crippen LogP contribution is 2.45. The summed E-state index contributed by atoms with van der Waals surface area (Å²) in [5.41, 5.74) is 0. The molecule has 0 radical (unpaired) electrons. The third-order valence-corrected chi connectivity index (χ3v) is 17.3. The lowest BCUT2D eigenvalue weighted by Crippen LogP contribution is -2.30. The number of unbranched alkanes of at least 4 members (excludes halogenated alkanes) is 36. The van der Waals surface area contributed by atoms with Gasteiger partial charge in [-0.05, 0) is 57.3 Å². The molecule has 0 aliphatic heterocycles. The number of phosphoric acid groups is 2. The van der Waals surface area contributed by atoms with Crippen LogP contribution in [0.4, 0.5) is 0 Å². The summed E-state index contributed by atoms with van der Waals surface area (Å²) in [5, 5.41) is 10.6. The number of hydrogen-bond donors (Lipinski definition) is 3. The van der Waals surface area contributed by atoms with Crippen molar-refractivity contribution in [3.8, 4) is 0 Å². The van der Waals surface area contributed by atoms with Gasteiger partial charge >= 0.3 is 39.5 Å². The lowest BCUT2D eigenvalue weighted by atomic mass is 10.0. The van der Waals surface area contributed by atoms with E-state index in [1.165, 1.54) is 128 Å². The van der Waals surface area contributed by atoms with Crippen molar-refractivity contribution in [3.05, 3.63) is 24.3 Å². The number of allylic oxidation sites excluding steroid dienone is 4. The van der Waals surface area contributed by atoms with Crippen LogP contribution in [0.15, 0.2) is 24.3 Å². The smallest absolute Gasteiger partial charge is 0.462 e. The molecule has 88 heavy (non-hydrogen) atoms. The average molecular weight is 1290 g/mol. The third-order valence-electron chi connectivity index (χ3n) is 15.4. The molecule has 0 aliphatic rings. The number of aliphatic hydroxyl groups is 1. The molecule has 0 fully saturated rings. The van der Waals surface area contributed by atoms with E-state index in [9.17, 15) is 43.2 Å². The van der Waals surface area contributed by atoms with Gasteiger partial charge in [-0.15, -0.1) is 0 Å². The SMILES string of the molecule is CCCCCC/C=C\C=C/CCCCCCCC(=O)O[C@H](COC(=O)CCCCCCCCCCCCCCCC)COP(=O)(O)OC[C@@H](O)COP(=O)(O)OC[C@@H](COC(=O)CCCCCCCCC)OC(=O)CCCCCCCCCCCC(C)C. The molecule has 0 amide bonds. The number of esters is 4. The van der Waals surface area contributed by atoms with Crippen LogP contribution >= 0.6 is 15.6 Å². The number of rotatable bonds is 67. The van der Waals surface area contributed by atoms with Crippen LogP contribution in [-0.4, -0.2) is 96.7 Å². The molecule has 17 nitrogen and oxygen atoms in total. The van der Waals surface area contributed by atoms with Gasteiger partial charge in [0.25, 0.3) is 0 Å². The van der Waals surface area contributed by atoms with Crippen LogP contribution in [0.25, 0.3) is 0 Å². The van der Waals surface area contributed by atoms with Crippen molar-refractivity contribution in [2.24, 2.45) is 5.92 Å². The molecule has 5 atom stereocenters. The van der Waals surface area contributed by atoms with E-state index >= 15 is 0 Å². The Balaban J connectivity index is 5.25. The number of aliphatic hydroxyl groups excluding tert-OH is 1. The van der Waals surface area contributed by atoms with Gasteiger partial charge in [0.1, 0.15) is 19.3 Å². The normalized spacial score (nSPS) is 14.3. The van der Waals surface area contributed by atoms with E-state index in [2.05, 4.69) is 58.9 Å². The molecule has 518 valence electrons. The monoisotopic (exact) mass is 1290 g/mol. The number of phosphoric ester groups is 2. The highest BCUT2D eigenvalue weighted by atomic mass is 31.2. The van der Waals surface area contributed by atoms with E-state index in [0.717, 1.165) is 121 Å². The highest BCUT2D eigenvalue weighted by molar-refractivity contribution is 7.47. The van der Waals surface area contributed by atoms with Crippen molar-refractivity contribution in [1.82, 2.24) is 0 Å². The van der Waals surface area contributed by atoms with Crippen LogP contribution in [0.3, 0.4) is 0 Å². The van der Waals surface area contributed by atoms with Gasteiger partial charge < -0.3 is 33.8 Å². The predicted octanol–water partition coefficient (Wildman–Crippen LogP) is 19.3. The van der Waals surface area contributed by atoms with Gasteiger partial charge in [-0.2, -0.15) is 0 Å². The van der Waals surface area contributed by atoms with Gasteiger partial charge in [-0.1, -0.05) is 277 Å². The minimum atomic E-state index is -4.96. The van der Waals surface area contributed by atoms with Crippen molar-refractivity contribution >= 4 is 39.5 Å². The van der Waals surface area contributed by atoms with Crippen LogP contribution in [0.2, 0.25) is 0 Å². The molecule has 0 heterocycles. The Morgan fingerprint density at radius 3 is 0.932 bits per heavy atom. The molecular weight excluding hydrogens is 1160 g/mol. The van der Waals surface area contributed by atoms with Gasteiger partial charge in [0, 0.05) is 25.7 Å². The Hall–Kier alpha value is -2.46. The summed E-state index contributed by atoms with van der Waals surface area (Å²) < 4.78 is 68.1.